The van der Waals surface area contributed by atoms with Gasteiger partial charge in [0.1, 0.15) is 5.69 Å². The number of carbonyl (C=O) groups excluding carboxylic acids is 1. The van der Waals surface area contributed by atoms with Crippen molar-refractivity contribution >= 4 is 40.3 Å². The second kappa shape index (κ2) is 8.18. The van der Waals surface area contributed by atoms with E-state index in [-0.39, 0.29) is 5.69 Å². The minimum absolute atomic E-state index is 0.0135. The summed E-state index contributed by atoms with van der Waals surface area (Å²) in [4.78, 5) is 26.2. The SMILES string of the molecule is O=C(NN=Cc1ccc([N+](=O)[O-])cc1)c1[nH]c2ccc(Cl)cc2c1-c1ccccc1. The van der Waals surface area contributed by atoms with Gasteiger partial charge in [0.2, 0.25) is 0 Å². The number of non-ortho nitro benzene ring substituents is 1. The van der Waals surface area contributed by atoms with Crippen LogP contribution in [0.4, 0.5) is 5.69 Å². The number of H-pyrrole nitrogens is 1. The van der Waals surface area contributed by atoms with Crippen molar-refractivity contribution in [3.05, 3.63) is 99.2 Å². The van der Waals surface area contributed by atoms with Gasteiger partial charge in [-0.3, -0.25) is 14.9 Å². The van der Waals surface area contributed by atoms with Crippen molar-refractivity contribution in [3.8, 4) is 11.1 Å². The molecule has 3 aromatic carbocycles. The van der Waals surface area contributed by atoms with Crippen molar-refractivity contribution in [2.75, 3.05) is 0 Å². The van der Waals surface area contributed by atoms with Crippen LogP contribution < -0.4 is 5.43 Å². The first kappa shape index (κ1) is 19.4. The monoisotopic (exact) mass is 418 g/mol. The fraction of sp³-hybridized carbons (Fsp3) is 0. The predicted molar refractivity (Wildman–Crippen MR) is 117 cm³/mol. The number of aromatic amines is 1. The number of halogens is 1. The van der Waals surface area contributed by atoms with E-state index in [0.29, 0.717) is 16.3 Å². The molecule has 0 saturated carbocycles. The lowest BCUT2D eigenvalue weighted by molar-refractivity contribution is -0.384. The average Bonchev–Trinajstić information content (AvgIpc) is 3.13. The van der Waals surface area contributed by atoms with Crippen molar-refractivity contribution in [1.29, 1.82) is 0 Å². The molecule has 0 atom stereocenters. The lowest BCUT2D eigenvalue weighted by Gasteiger charge is -2.04. The Morgan fingerprint density at radius 2 is 1.80 bits per heavy atom. The zero-order valence-corrected chi connectivity index (χ0v) is 16.3. The van der Waals surface area contributed by atoms with Crippen LogP contribution in [0.1, 0.15) is 16.1 Å². The third kappa shape index (κ3) is 3.92. The smallest absolute Gasteiger partial charge is 0.288 e. The Morgan fingerprint density at radius 3 is 2.50 bits per heavy atom. The Balaban J connectivity index is 1.64. The Hall–Kier alpha value is -3.97. The number of aromatic nitrogens is 1. The Morgan fingerprint density at radius 1 is 1.07 bits per heavy atom. The Labute approximate surface area is 176 Å². The molecule has 0 aliphatic rings. The summed E-state index contributed by atoms with van der Waals surface area (Å²) in [6.07, 6.45) is 1.42. The van der Waals surface area contributed by atoms with Gasteiger partial charge in [-0.1, -0.05) is 41.9 Å². The van der Waals surface area contributed by atoms with E-state index in [1.165, 1.54) is 18.3 Å². The lowest BCUT2D eigenvalue weighted by Crippen LogP contribution is -2.18. The zero-order chi connectivity index (χ0) is 21.1. The summed E-state index contributed by atoms with van der Waals surface area (Å²) in [6, 6.07) is 20.8. The van der Waals surface area contributed by atoms with Crippen molar-refractivity contribution in [3.63, 3.8) is 0 Å². The topological polar surface area (TPSA) is 100 Å². The highest BCUT2D eigenvalue weighted by atomic mass is 35.5. The zero-order valence-electron chi connectivity index (χ0n) is 15.5. The minimum Gasteiger partial charge on any atom is -0.350 e. The maximum absolute atomic E-state index is 12.8. The molecule has 8 heteroatoms. The number of benzene rings is 3. The molecule has 0 bridgehead atoms. The second-order valence-corrected chi connectivity index (χ2v) is 6.92. The molecule has 7 nitrogen and oxygen atoms in total. The van der Waals surface area contributed by atoms with Crippen molar-refractivity contribution < 1.29 is 9.72 Å². The third-order valence-corrected chi connectivity index (χ3v) is 4.77. The first-order valence-electron chi connectivity index (χ1n) is 8.97. The van der Waals surface area contributed by atoms with Crippen molar-refractivity contribution in [2.24, 2.45) is 5.10 Å². The molecule has 0 spiro atoms. The molecule has 4 rings (SSSR count). The highest BCUT2D eigenvalue weighted by molar-refractivity contribution is 6.31. The number of hydrogen-bond donors (Lipinski definition) is 2. The van der Waals surface area contributed by atoms with E-state index in [1.54, 1.807) is 18.2 Å². The van der Waals surface area contributed by atoms with Crippen LogP contribution in [0.3, 0.4) is 0 Å². The molecule has 1 aromatic heterocycles. The Kier molecular flexibility index (Phi) is 5.28. The second-order valence-electron chi connectivity index (χ2n) is 6.48. The molecule has 2 N–H and O–H groups in total. The van der Waals surface area contributed by atoms with Gasteiger partial charge < -0.3 is 4.98 Å². The van der Waals surface area contributed by atoms with E-state index >= 15 is 0 Å². The molecule has 4 aromatic rings. The van der Waals surface area contributed by atoms with Crippen LogP contribution in [0.2, 0.25) is 5.02 Å². The minimum atomic E-state index is -0.476. The van der Waals surface area contributed by atoms with Gasteiger partial charge in [-0.05, 0) is 41.5 Å². The molecular weight excluding hydrogens is 404 g/mol. The molecule has 0 saturated heterocycles. The van der Waals surface area contributed by atoms with Gasteiger partial charge in [-0.15, -0.1) is 0 Å². The van der Waals surface area contributed by atoms with Crippen LogP contribution in [-0.4, -0.2) is 22.0 Å². The normalized spacial score (nSPS) is 11.1. The quantitative estimate of drug-likeness (QED) is 0.266. The van der Waals surface area contributed by atoms with E-state index in [4.69, 9.17) is 11.6 Å². The molecule has 0 radical (unpaired) electrons. The van der Waals surface area contributed by atoms with Gasteiger partial charge in [-0.2, -0.15) is 5.10 Å². The summed E-state index contributed by atoms with van der Waals surface area (Å²) in [5.41, 5.74) is 5.85. The highest BCUT2D eigenvalue weighted by Gasteiger charge is 2.19. The van der Waals surface area contributed by atoms with Gasteiger partial charge in [0.15, 0.2) is 0 Å². The molecule has 30 heavy (non-hydrogen) atoms. The predicted octanol–water partition coefficient (Wildman–Crippen LogP) is 5.16. The molecule has 0 unspecified atom stereocenters. The summed E-state index contributed by atoms with van der Waals surface area (Å²) >= 11 is 6.17. The standard InChI is InChI=1S/C22H15ClN4O3/c23-16-8-11-19-18(12-16)20(15-4-2-1-3-5-15)21(25-19)22(28)26-24-13-14-6-9-17(10-7-14)27(29)30/h1-13,25H,(H,26,28). The van der Waals surface area contributed by atoms with E-state index < -0.39 is 10.8 Å². The van der Waals surface area contributed by atoms with Gasteiger partial charge in [0.25, 0.3) is 11.6 Å². The molecular formula is C22H15ClN4O3. The number of amides is 1. The molecule has 0 aliphatic carbocycles. The number of rotatable bonds is 5. The number of carbonyl (C=O) groups is 1. The molecule has 1 amide bonds. The van der Waals surface area contributed by atoms with Gasteiger partial charge in [0.05, 0.1) is 11.1 Å². The summed E-state index contributed by atoms with van der Waals surface area (Å²) in [7, 11) is 0. The summed E-state index contributed by atoms with van der Waals surface area (Å²) in [5, 5.41) is 16.1. The maximum Gasteiger partial charge on any atom is 0.288 e. The van der Waals surface area contributed by atoms with Crippen LogP contribution in [-0.2, 0) is 0 Å². The average molecular weight is 419 g/mol. The van der Waals surface area contributed by atoms with Gasteiger partial charge in [-0.25, -0.2) is 5.43 Å². The highest BCUT2D eigenvalue weighted by Crippen LogP contribution is 2.34. The fourth-order valence-electron chi connectivity index (χ4n) is 3.14. The fourth-order valence-corrected chi connectivity index (χ4v) is 3.31. The Bertz CT molecular complexity index is 1270. The first-order valence-corrected chi connectivity index (χ1v) is 9.35. The first-order chi connectivity index (χ1) is 14.5. The number of fused-ring (bicyclic) bond motifs is 1. The van der Waals surface area contributed by atoms with Crippen LogP contribution in [0.5, 0.6) is 0 Å². The third-order valence-electron chi connectivity index (χ3n) is 4.53. The summed E-state index contributed by atoms with van der Waals surface area (Å²) in [6.45, 7) is 0. The lowest BCUT2D eigenvalue weighted by atomic mass is 10.0. The van der Waals surface area contributed by atoms with Crippen LogP contribution in [0.15, 0.2) is 77.9 Å². The summed E-state index contributed by atoms with van der Waals surface area (Å²) < 4.78 is 0. The van der Waals surface area contributed by atoms with Crippen molar-refractivity contribution in [2.45, 2.75) is 0 Å². The molecule has 0 aliphatic heterocycles. The van der Waals surface area contributed by atoms with E-state index in [0.717, 1.165) is 22.0 Å². The van der Waals surface area contributed by atoms with Gasteiger partial charge in [0, 0.05) is 33.6 Å². The molecule has 148 valence electrons. The largest absolute Gasteiger partial charge is 0.350 e. The van der Waals surface area contributed by atoms with Gasteiger partial charge >= 0.3 is 0 Å². The number of nitrogens with zero attached hydrogens (tertiary/aromatic N) is 2. The number of nitro groups is 1. The number of nitrogens with one attached hydrogen (secondary N) is 2. The number of hydrazone groups is 1. The van der Waals surface area contributed by atoms with Crippen LogP contribution in [0, 0.1) is 10.1 Å². The number of nitro benzene ring substituents is 1. The van der Waals surface area contributed by atoms with E-state index in [9.17, 15) is 14.9 Å². The van der Waals surface area contributed by atoms with E-state index in [1.807, 2.05) is 42.5 Å². The van der Waals surface area contributed by atoms with E-state index in [2.05, 4.69) is 15.5 Å². The maximum atomic E-state index is 12.8. The van der Waals surface area contributed by atoms with Crippen LogP contribution in [0.25, 0.3) is 22.0 Å². The molecule has 0 fully saturated rings. The molecule has 1 heterocycles. The number of hydrogen-bond acceptors (Lipinski definition) is 4. The van der Waals surface area contributed by atoms with Crippen LogP contribution >= 0.6 is 11.6 Å². The van der Waals surface area contributed by atoms with Crippen molar-refractivity contribution in [1.82, 2.24) is 10.4 Å². The summed E-state index contributed by atoms with van der Waals surface area (Å²) in [5.74, 6) is -0.417.